The van der Waals surface area contributed by atoms with Crippen molar-refractivity contribution >= 4 is 22.1 Å². The minimum atomic E-state index is -1.50. The van der Waals surface area contributed by atoms with Gasteiger partial charge in [-0.25, -0.2) is 0 Å². The zero-order valence-corrected chi connectivity index (χ0v) is 8.80. The minimum absolute atomic E-state index is 0.0753. The van der Waals surface area contributed by atoms with Crippen LogP contribution in [0.15, 0.2) is 34.0 Å². The summed E-state index contributed by atoms with van der Waals surface area (Å²) in [5, 5.41) is 10.3. The van der Waals surface area contributed by atoms with Gasteiger partial charge in [-0.15, -0.1) is 0 Å². The molecule has 0 saturated carbocycles. The number of aromatic nitrogens is 1. The molecule has 0 aliphatic heterocycles. The summed E-state index contributed by atoms with van der Waals surface area (Å²) in [6.07, 6.45) is 1.36. The van der Waals surface area contributed by atoms with E-state index in [-0.39, 0.29) is 10.6 Å². The van der Waals surface area contributed by atoms with E-state index >= 15 is 0 Å². The molecule has 0 spiro atoms. The molecule has 0 bridgehead atoms. The third kappa shape index (κ3) is 1.60. The normalized spacial score (nSPS) is 12.9. The van der Waals surface area contributed by atoms with Crippen molar-refractivity contribution < 1.29 is 9.66 Å². The van der Waals surface area contributed by atoms with Crippen LogP contribution in [0.5, 0.6) is 5.75 Å². The molecule has 5 heteroatoms. The Kier molecular flexibility index (Phi) is 2.42. The molecule has 0 fully saturated rings. The fourth-order valence-corrected chi connectivity index (χ4v) is 2.17. The van der Waals surface area contributed by atoms with Crippen LogP contribution in [-0.4, -0.2) is 20.9 Å². The average molecular weight is 223 g/mol. The lowest BCUT2D eigenvalue weighted by atomic mass is 10.2. The second kappa shape index (κ2) is 3.60. The zero-order valence-electron chi connectivity index (χ0n) is 7.98. The SMILES string of the molecule is C[S+]([O-])c1c(O)c2ccccc2[nH]c1=O. The largest absolute Gasteiger partial charge is 0.611 e. The van der Waals surface area contributed by atoms with Crippen LogP contribution in [0, 0.1) is 0 Å². The van der Waals surface area contributed by atoms with Gasteiger partial charge in [-0.05, 0) is 23.3 Å². The molecule has 78 valence electrons. The number of fused-ring (bicyclic) bond motifs is 1. The minimum Gasteiger partial charge on any atom is -0.611 e. The number of rotatable bonds is 1. The summed E-state index contributed by atoms with van der Waals surface area (Å²) in [5.41, 5.74) is 0.0289. The number of H-pyrrole nitrogens is 1. The average Bonchev–Trinajstić information content (AvgIpc) is 2.17. The Hall–Kier alpha value is -1.46. The quantitative estimate of drug-likeness (QED) is 0.707. The van der Waals surface area contributed by atoms with Crippen molar-refractivity contribution in [2.75, 3.05) is 6.26 Å². The van der Waals surface area contributed by atoms with Gasteiger partial charge in [-0.2, -0.15) is 0 Å². The van der Waals surface area contributed by atoms with Gasteiger partial charge in [0.1, 0.15) is 6.26 Å². The number of hydrogen-bond donors (Lipinski definition) is 2. The van der Waals surface area contributed by atoms with E-state index in [2.05, 4.69) is 4.98 Å². The van der Waals surface area contributed by atoms with E-state index in [9.17, 15) is 14.5 Å². The predicted molar refractivity (Wildman–Crippen MR) is 58.6 cm³/mol. The zero-order chi connectivity index (χ0) is 11.0. The first-order valence-electron chi connectivity index (χ1n) is 4.28. The third-order valence-electron chi connectivity index (χ3n) is 2.14. The highest BCUT2D eigenvalue weighted by atomic mass is 32.2. The lowest BCUT2D eigenvalue weighted by Gasteiger charge is -2.07. The molecule has 15 heavy (non-hydrogen) atoms. The molecule has 1 aromatic heterocycles. The van der Waals surface area contributed by atoms with Gasteiger partial charge in [0.25, 0.3) is 4.90 Å². The summed E-state index contributed by atoms with van der Waals surface area (Å²) in [5.74, 6) is -0.199. The number of hydrogen-bond acceptors (Lipinski definition) is 3. The van der Waals surface area contributed by atoms with Gasteiger partial charge in [0, 0.05) is 5.39 Å². The highest BCUT2D eigenvalue weighted by Gasteiger charge is 2.19. The van der Waals surface area contributed by atoms with Gasteiger partial charge in [-0.3, -0.25) is 4.79 Å². The Balaban J connectivity index is 2.90. The highest BCUT2D eigenvalue weighted by Crippen LogP contribution is 2.26. The van der Waals surface area contributed by atoms with Crippen molar-refractivity contribution in [2.45, 2.75) is 4.90 Å². The van der Waals surface area contributed by atoms with E-state index < -0.39 is 16.7 Å². The van der Waals surface area contributed by atoms with Crippen LogP contribution in [0.25, 0.3) is 10.9 Å². The number of benzene rings is 1. The Morgan fingerprint density at radius 2 is 2.07 bits per heavy atom. The third-order valence-corrected chi connectivity index (χ3v) is 3.09. The van der Waals surface area contributed by atoms with Crippen molar-refractivity contribution in [1.29, 1.82) is 0 Å². The summed E-state index contributed by atoms with van der Waals surface area (Å²) in [7, 11) is 0. The molecule has 0 amide bonds. The van der Waals surface area contributed by atoms with Crippen LogP contribution >= 0.6 is 0 Å². The van der Waals surface area contributed by atoms with Crippen LogP contribution in [0.2, 0.25) is 0 Å². The fraction of sp³-hybridized carbons (Fsp3) is 0.100. The number of nitrogens with one attached hydrogen (secondary N) is 1. The molecule has 0 aliphatic carbocycles. The Morgan fingerprint density at radius 1 is 1.40 bits per heavy atom. The van der Waals surface area contributed by atoms with Crippen LogP contribution in [0.3, 0.4) is 0 Å². The van der Waals surface area contributed by atoms with Crippen molar-refractivity contribution in [1.82, 2.24) is 4.98 Å². The molecule has 1 aromatic carbocycles. The van der Waals surface area contributed by atoms with E-state index in [4.69, 9.17) is 0 Å². The summed E-state index contributed by atoms with van der Waals surface area (Å²) < 4.78 is 11.3. The molecule has 0 saturated heterocycles. The number of pyridine rings is 1. The van der Waals surface area contributed by atoms with Crippen LogP contribution in [0.1, 0.15) is 0 Å². The maximum atomic E-state index is 11.5. The Labute approximate surface area is 88.7 Å². The van der Waals surface area contributed by atoms with Gasteiger partial charge in [0.05, 0.1) is 5.52 Å². The molecule has 2 N–H and O–H groups in total. The van der Waals surface area contributed by atoms with E-state index in [1.807, 2.05) is 0 Å². The standard InChI is InChI=1S/C10H9NO3S/c1-15(14)9-8(12)6-4-2-3-5-7(6)11-10(9)13/h2-5H,1H3,(H2,11,12,13). The highest BCUT2D eigenvalue weighted by molar-refractivity contribution is 7.90. The first kappa shape index (κ1) is 10.1. The molecule has 0 radical (unpaired) electrons. The summed E-state index contributed by atoms with van der Waals surface area (Å²) in [6.45, 7) is 0. The van der Waals surface area contributed by atoms with Gasteiger partial charge in [0.2, 0.25) is 0 Å². The van der Waals surface area contributed by atoms with Gasteiger partial charge in [0.15, 0.2) is 5.75 Å². The molecule has 2 rings (SSSR count). The van der Waals surface area contributed by atoms with Gasteiger partial charge < -0.3 is 14.6 Å². The Morgan fingerprint density at radius 3 is 2.73 bits per heavy atom. The second-order valence-electron chi connectivity index (χ2n) is 3.13. The van der Waals surface area contributed by atoms with Crippen LogP contribution in [0.4, 0.5) is 0 Å². The number of aromatic amines is 1. The first-order chi connectivity index (χ1) is 7.11. The fourth-order valence-electron chi connectivity index (χ4n) is 1.47. The smallest absolute Gasteiger partial charge is 0.307 e. The molecular formula is C10H9NO3S. The van der Waals surface area contributed by atoms with Crippen molar-refractivity contribution in [3.8, 4) is 5.75 Å². The van der Waals surface area contributed by atoms with E-state index in [1.165, 1.54) is 6.26 Å². The molecule has 1 atom stereocenters. The topological polar surface area (TPSA) is 76.2 Å². The molecular weight excluding hydrogens is 214 g/mol. The summed E-state index contributed by atoms with van der Waals surface area (Å²) in [6, 6.07) is 6.83. The molecule has 2 aromatic rings. The maximum absolute atomic E-state index is 11.5. The van der Waals surface area contributed by atoms with Crippen molar-refractivity contribution in [3.05, 3.63) is 34.6 Å². The van der Waals surface area contributed by atoms with Crippen molar-refractivity contribution in [2.24, 2.45) is 0 Å². The molecule has 1 heterocycles. The molecule has 0 aliphatic rings. The maximum Gasteiger partial charge on any atom is 0.307 e. The van der Waals surface area contributed by atoms with Crippen molar-refractivity contribution in [3.63, 3.8) is 0 Å². The van der Waals surface area contributed by atoms with Crippen LogP contribution in [-0.2, 0) is 11.2 Å². The first-order valence-corrected chi connectivity index (χ1v) is 5.84. The van der Waals surface area contributed by atoms with Gasteiger partial charge >= 0.3 is 5.56 Å². The molecule has 1 unspecified atom stereocenters. The van der Waals surface area contributed by atoms with E-state index in [1.54, 1.807) is 24.3 Å². The number of para-hydroxylation sites is 1. The van der Waals surface area contributed by atoms with Gasteiger partial charge in [-0.1, -0.05) is 12.1 Å². The summed E-state index contributed by atoms with van der Waals surface area (Å²) in [4.78, 5) is 14.0. The summed E-state index contributed by atoms with van der Waals surface area (Å²) >= 11 is -1.50. The second-order valence-corrected chi connectivity index (χ2v) is 4.45. The lowest BCUT2D eigenvalue weighted by Crippen LogP contribution is -2.16. The predicted octanol–water partition coefficient (Wildman–Crippen LogP) is 0.971. The monoisotopic (exact) mass is 223 g/mol. The van der Waals surface area contributed by atoms with E-state index in [0.717, 1.165) is 0 Å². The number of aromatic hydroxyl groups is 1. The Bertz CT molecular complexity index is 562. The lowest BCUT2D eigenvalue weighted by molar-refractivity contribution is 0.463. The van der Waals surface area contributed by atoms with Crippen LogP contribution < -0.4 is 5.56 Å². The molecule has 4 nitrogen and oxygen atoms in total. The van der Waals surface area contributed by atoms with E-state index in [0.29, 0.717) is 10.9 Å².